The van der Waals surface area contributed by atoms with Crippen LogP contribution in [0, 0.1) is 0 Å². The van der Waals surface area contributed by atoms with Crippen LogP contribution in [0.2, 0.25) is 0 Å². The van der Waals surface area contributed by atoms with Gasteiger partial charge < -0.3 is 0 Å². The summed E-state index contributed by atoms with van der Waals surface area (Å²) in [7, 11) is 0. The molecule has 3 N–H and O–H groups in total. The molecule has 2 heterocycles. The molecule has 4 heteroatoms. The smallest absolute Gasteiger partial charge is 0.0932 e. The Bertz CT molecular complexity index is 262. The van der Waals surface area contributed by atoms with E-state index in [1.807, 2.05) is 0 Å². The molecular formula is C13H26N4. The molecule has 4 unspecified atom stereocenters. The Morgan fingerprint density at radius 2 is 1.71 bits per heavy atom. The summed E-state index contributed by atoms with van der Waals surface area (Å²) in [4.78, 5) is 2.50. The van der Waals surface area contributed by atoms with Gasteiger partial charge in [-0.15, -0.1) is 0 Å². The van der Waals surface area contributed by atoms with E-state index in [0.29, 0.717) is 24.7 Å². The van der Waals surface area contributed by atoms with Crippen LogP contribution < -0.4 is 16.0 Å². The number of hydrogen-bond donors (Lipinski definition) is 3. The molecule has 2 saturated heterocycles. The van der Waals surface area contributed by atoms with E-state index < -0.39 is 0 Å². The molecule has 1 aliphatic carbocycles. The molecule has 4 nitrogen and oxygen atoms in total. The van der Waals surface area contributed by atoms with Crippen molar-refractivity contribution in [1.29, 1.82) is 0 Å². The second-order valence-electron chi connectivity index (χ2n) is 5.92. The Kier molecular flexibility index (Phi) is 3.39. The third-order valence-electron chi connectivity index (χ3n) is 4.47. The molecule has 3 rings (SSSR count). The summed E-state index contributed by atoms with van der Waals surface area (Å²) < 4.78 is 0. The van der Waals surface area contributed by atoms with E-state index in [9.17, 15) is 0 Å². The third kappa shape index (κ3) is 2.50. The van der Waals surface area contributed by atoms with E-state index >= 15 is 0 Å². The van der Waals surface area contributed by atoms with Gasteiger partial charge in [0.2, 0.25) is 0 Å². The van der Waals surface area contributed by atoms with Gasteiger partial charge in [-0.3, -0.25) is 20.9 Å². The first-order valence-corrected chi connectivity index (χ1v) is 7.31. The number of nitrogens with one attached hydrogen (secondary N) is 3. The van der Waals surface area contributed by atoms with Gasteiger partial charge in [-0.25, -0.2) is 0 Å². The first-order valence-electron chi connectivity index (χ1n) is 7.31. The van der Waals surface area contributed by atoms with Crippen LogP contribution in [0.4, 0.5) is 0 Å². The maximum absolute atomic E-state index is 3.85. The second kappa shape index (κ2) is 4.84. The average molecular weight is 238 g/mol. The van der Waals surface area contributed by atoms with E-state index in [-0.39, 0.29) is 0 Å². The minimum absolute atomic E-state index is 0.437. The SMILES string of the molecule is CC1NC(C)N2C(NC3CCCCCC3)[C@@H]2N1. The first-order chi connectivity index (χ1) is 8.25. The number of rotatable bonds is 2. The van der Waals surface area contributed by atoms with Gasteiger partial charge >= 0.3 is 0 Å². The van der Waals surface area contributed by atoms with Crippen molar-refractivity contribution >= 4 is 0 Å². The molecule has 0 spiro atoms. The van der Waals surface area contributed by atoms with Gasteiger partial charge in [0.1, 0.15) is 0 Å². The highest BCUT2D eigenvalue weighted by atomic mass is 15.6. The van der Waals surface area contributed by atoms with Crippen LogP contribution >= 0.6 is 0 Å². The lowest BCUT2D eigenvalue weighted by molar-refractivity contribution is 0.206. The lowest BCUT2D eigenvalue weighted by Gasteiger charge is -2.27. The van der Waals surface area contributed by atoms with Crippen molar-refractivity contribution in [2.75, 3.05) is 0 Å². The average Bonchev–Trinajstić information content (AvgIpc) is 3.00. The van der Waals surface area contributed by atoms with Crippen molar-refractivity contribution in [3.63, 3.8) is 0 Å². The minimum atomic E-state index is 0.437. The highest BCUT2D eigenvalue weighted by Gasteiger charge is 2.53. The molecule has 0 radical (unpaired) electrons. The fourth-order valence-electron chi connectivity index (χ4n) is 3.52. The maximum atomic E-state index is 3.85. The maximum Gasteiger partial charge on any atom is 0.0932 e. The molecule has 0 amide bonds. The summed E-state index contributed by atoms with van der Waals surface area (Å²) in [5, 5.41) is 11.0. The highest BCUT2D eigenvalue weighted by molar-refractivity contribution is 5.05. The zero-order valence-electron chi connectivity index (χ0n) is 11.1. The fraction of sp³-hybridized carbons (Fsp3) is 1.00. The Hall–Kier alpha value is -0.160. The lowest BCUT2D eigenvalue weighted by atomic mass is 10.1. The van der Waals surface area contributed by atoms with Crippen LogP contribution in [0.5, 0.6) is 0 Å². The summed E-state index contributed by atoms with van der Waals surface area (Å²) in [6, 6.07) is 0.748. The molecule has 17 heavy (non-hydrogen) atoms. The Morgan fingerprint density at radius 3 is 2.41 bits per heavy atom. The molecule has 3 fully saturated rings. The Labute approximate surface area is 105 Å². The quantitative estimate of drug-likeness (QED) is 0.498. The van der Waals surface area contributed by atoms with Crippen molar-refractivity contribution in [3.05, 3.63) is 0 Å². The van der Waals surface area contributed by atoms with Gasteiger partial charge in [0.05, 0.1) is 24.7 Å². The van der Waals surface area contributed by atoms with Crippen molar-refractivity contribution in [3.8, 4) is 0 Å². The van der Waals surface area contributed by atoms with Crippen LogP contribution in [0.1, 0.15) is 52.4 Å². The predicted octanol–water partition coefficient (Wildman–Crippen LogP) is 1.15. The Balaban J connectivity index is 1.53. The normalized spacial score (nSPS) is 47.3. The summed E-state index contributed by atoms with van der Waals surface area (Å²) >= 11 is 0. The highest BCUT2D eigenvalue weighted by Crippen LogP contribution is 2.31. The van der Waals surface area contributed by atoms with Crippen LogP contribution in [-0.2, 0) is 0 Å². The summed E-state index contributed by atoms with van der Waals surface area (Å²) in [6.07, 6.45) is 10.5. The van der Waals surface area contributed by atoms with Gasteiger partial charge in [-0.1, -0.05) is 25.7 Å². The van der Waals surface area contributed by atoms with Crippen molar-refractivity contribution in [2.24, 2.45) is 0 Å². The summed E-state index contributed by atoms with van der Waals surface area (Å²) in [5.74, 6) is 0. The zero-order chi connectivity index (χ0) is 11.8. The van der Waals surface area contributed by atoms with E-state index in [0.717, 1.165) is 6.04 Å². The molecule has 98 valence electrons. The second-order valence-corrected chi connectivity index (χ2v) is 5.92. The fourth-order valence-corrected chi connectivity index (χ4v) is 3.52. The summed E-state index contributed by atoms with van der Waals surface area (Å²) in [6.45, 7) is 4.47. The summed E-state index contributed by atoms with van der Waals surface area (Å²) in [5.41, 5.74) is 0. The molecule has 5 atom stereocenters. The van der Waals surface area contributed by atoms with Crippen molar-refractivity contribution in [2.45, 2.75) is 83.1 Å². The first kappa shape index (κ1) is 11.9. The van der Waals surface area contributed by atoms with Gasteiger partial charge in [0.15, 0.2) is 0 Å². The van der Waals surface area contributed by atoms with Crippen LogP contribution in [0.15, 0.2) is 0 Å². The molecule has 1 saturated carbocycles. The van der Waals surface area contributed by atoms with E-state index in [1.165, 1.54) is 38.5 Å². The van der Waals surface area contributed by atoms with Gasteiger partial charge in [0, 0.05) is 6.04 Å². The van der Waals surface area contributed by atoms with Crippen molar-refractivity contribution < 1.29 is 0 Å². The van der Waals surface area contributed by atoms with E-state index in [1.54, 1.807) is 0 Å². The zero-order valence-corrected chi connectivity index (χ0v) is 11.1. The lowest BCUT2D eigenvalue weighted by Crippen LogP contribution is -2.54. The molecule has 0 aromatic heterocycles. The molecule has 0 aromatic carbocycles. The van der Waals surface area contributed by atoms with Gasteiger partial charge in [0.25, 0.3) is 0 Å². The van der Waals surface area contributed by atoms with Gasteiger partial charge in [-0.2, -0.15) is 0 Å². The number of hydrogen-bond acceptors (Lipinski definition) is 4. The largest absolute Gasteiger partial charge is 0.296 e. The third-order valence-corrected chi connectivity index (χ3v) is 4.47. The number of fused-ring (bicyclic) bond motifs is 1. The van der Waals surface area contributed by atoms with Gasteiger partial charge in [-0.05, 0) is 26.7 Å². The molecular weight excluding hydrogens is 212 g/mol. The molecule has 0 bridgehead atoms. The minimum Gasteiger partial charge on any atom is -0.296 e. The van der Waals surface area contributed by atoms with Crippen molar-refractivity contribution in [1.82, 2.24) is 20.9 Å². The monoisotopic (exact) mass is 238 g/mol. The Morgan fingerprint density at radius 1 is 1.00 bits per heavy atom. The molecule has 3 aliphatic rings. The topological polar surface area (TPSA) is 39.1 Å². The molecule has 2 aliphatic heterocycles. The molecule has 0 aromatic rings. The standard InChI is InChI=1S/C13H26N4/c1-9-14-10(2)17-12(15-9)13(17)16-11-7-5-3-4-6-8-11/h9-16H,3-8H2,1-2H3/t9?,10?,12-,13?,17?/m1/s1. The van der Waals surface area contributed by atoms with Crippen LogP contribution in [0.25, 0.3) is 0 Å². The predicted molar refractivity (Wildman–Crippen MR) is 69.2 cm³/mol. The van der Waals surface area contributed by atoms with Crippen LogP contribution in [-0.4, -0.2) is 35.6 Å². The van der Waals surface area contributed by atoms with Crippen LogP contribution in [0.3, 0.4) is 0 Å². The van der Waals surface area contributed by atoms with E-state index in [4.69, 9.17) is 0 Å². The van der Waals surface area contributed by atoms with E-state index in [2.05, 4.69) is 34.7 Å². The number of nitrogens with zero attached hydrogens (tertiary/aromatic N) is 1.